The molecule has 0 radical (unpaired) electrons. The van der Waals surface area contributed by atoms with Crippen LogP contribution in [0.1, 0.15) is 21.6 Å². The van der Waals surface area contributed by atoms with Gasteiger partial charge in [-0.1, -0.05) is 12.1 Å². The number of alkyl halides is 3. The van der Waals surface area contributed by atoms with Crippen molar-refractivity contribution < 1.29 is 27.8 Å². The van der Waals surface area contributed by atoms with Gasteiger partial charge in [-0.05, 0) is 31.2 Å². The number of benzene rings is 2. The van der Waals surface area contributed by atoms with E-state index in [-0.39, 0.29) is 22.8 Å². The van der Waals surface area contributed by atoms with Crippen molar-refractivity contribution in [3.63, 3.8) is 0 Å². The Labute approximate surface area is 191 Å². The number of methoxy groups -OCH3 is 1. The van der Waals surface area contributed by atoms with Gasteiger partial charge in [0, 0.05) is 29.7 Å². The molecule has 0 atom stereocenters. The zero-order valence-electron chi connectivity index (χ0n) is 18.0. The lowest BCUT2D eigenvalue weighted by molar-refractivity contribution is -0.137. The zero-order chi connectivity index (χ0) is 24.5. The van der Waals surface area contributed by atoms with Crippen LogP contribution in [0.5, 0.6) is 5.75 Å². The smallest absolute Gasteiger partial charge is 0.416 e. The lowest BCUT2D eigenvalue weighted by Crippen LogP contribution is -2.07. The number of aryl methyl sites for hydroxylation is 1. The topological polar surface area (TPSA) is 102 Å². The number of aromatic carboxylic acids is 1. The number of ether oxygens (including phenoxy) is 1. The Kier molecular flexibility index (Phi) is 5.93. The van der Waals surface area contributed by atoms with Crippen molar-refractivity contribution in [1.29, 1.82) is 0 Å². The summed E-state index contributed by atoms with van der Waals surface area (Å²) in [6.07, 6.45) is 0.0943. The molecule has 34 heavy (non-hydrogen) atoms. The second-order valence-electron chi connectivity index (χ2n) is 7.27. The number of hydrogen-bond donors (Lipinski definition) is 2. The molecule has 2 N–H and O–H groups in total. The van der Waals surface area contributed by atoms with Gasteiger partial charge in [0.2, 0.25) is 5.95 Å². The molecule has 0 saturated carbocycles. The minimum absolute atomic E-state index is 0.0174. The minimum Gasteiger partial charge on any atom is -0.494 e. The largest absolute Gasteiger partial charge is 0.494 e. The van der Waals surface area contributed by atoms with Crippen molar-refractivity contribution in [2.45, 2.75) is 13.1 Å². The van der Waals surface area contributed by atoms with Gasteiger partial charge in [-0.25, -0.2) is 19.7 Å². The van der Waals surface area contributed by atoms with E-state index in [1.54, 1.807) is 29.1 Å². The van der Waals surface area contributed by atoms with Crippen molar-refractivity contribution >= 4 is 17.6 Å². The Balaban J connectivity index is 1.67. The fourth-order valence-corrected chi connectivity index (χ4v) is 3.29. The Morgan fingerprint density at radius 3 is 2.44 bits per heavy atom. The highest BCUT2D eigenvalue weighted by molar-refractivity contribution is 5.94. The van der Waals surface area contributed by atoms with Crippen LogP contribution in [0.2, 0.25) is 0 Å². The maximum Gasteiger partial charge on any atom is 0.416 e. The summed E-state index contributed by atoms with van der Waals surface area (Å²) in [4.78, 5) is 24.1. The Hall–Kier alpha value is -4.41. The van der Waals surface area contributed by atoms with Crippen molar-refractivity contribution in [2.24, 2.45) is 0 Å². The molecule has 2 heterocycles. The predicted molar refractivity (Wildman–Crippen MR) is 118 cm³/mol. The summed E-state index contributed by atoms with van der Waals surface area (Å²) in [5.74, 6) is -0.705. The highest BCUT2D eigenvalue weighted by atomic mass is 19.4. The molecule has 0 saturated heterocycles. The third-order valence-corrected chi connectivity index (χ3v) is 4.93. The van der Waals surface area contributed by atoms with Crippen molar-refractivity contribution in [3.05, 3.63) is 78.0 Å². The fourth-order valence-electron chi connectivity index (χ4n) is 3.29. The van der Waals surface area contributed by atoms with E-state index >= 15 is 0 Å². The normalized spacial score (nSPS) is 11.3. The molecule has 8 nitrogen and oxygen atoms in total. The maximum absolute atomic E-state index is 12.9. The van der Waals surface area contributed by atoms with Crippen molar-refractivity contribution in [3.8, 4) is 22.7 Å². The molecule has 0 unspecified atom stereocenters. The quantitative estimate of drug-likeness (QED) is 0.405. The molecule has 174 valence electrons. The number of anilines is 2. The Bertz CT molecular complexity index is 1350. The van der Waals surface area contributed by atoms with Crippen LogP contribution >= 0.6 is 0 Å². The van der Waals surface area contributed by atoms with Gasteiger partial charge in [-0.2, -0.15) is 13.2 Å². The summed E-state index contributed by atoms with van der Waals surface area (Å²) in [5.41, 5.74) is 1.25. The van der Waals surface area contributed by atoms with E-state index in [4.69, 9.17) is 4.74 Å². The maximum atomic E-state index is 12.9. The lowest BCUT2D eigenvalue weighted by Gasteiger charge is -2.13. The summed E-state index contributed by atoms with van der Waals surface area (Å²) in [6, 6.07) is 9.34. The lowest BCUT2D eigenvalue weighted by atomic mass is 10.1. The van der Waals surface area contributed by atoms with E-state index in [9.17, 15) is 23.1 Å². The molecule has 2 aromatic heterocycles. The Morgan fingerprint density at radius 1 is 1.12 bits per heavy atom. The predicted octanol–water partition coefficient (Wildman–Crippen LogP) is 5.11. The van der Waals surface area contributed by atoms with E-state index in [2.05, 4.69) is 20.3 Å². The van der Waals surface area contributed by atoms with Crippen LogP contribution in [0.25, 0.3) is 16.9 Å². The minimum atomic E-state index is -4.51. The molecule has 11 heteroatoms. The van der Waals surface area contributed by atoms with Gasteiger partial charge in [0.05, 0.1) is 36.1 Å². The average Bonchev–Trinajstić information content (AvgIpc) is 3.24. The van der Waals surface area contributed by atoms with Crippen molar-refractivity contribution in [1.82, 2.24) is 19.5 Å². The van der Waals surface area contributed by atoms with Crippen LogP contribution in [0, 0.1) is 6.92 Å². The number of rotatable bonds is 6. The molecule has 4 aromatic rings. The molecule has 0 aliphatic carbocycles. The third kappa shape index (κ3) is 4.68. The number of halogens is 3. The number of aromatic nitrogens is 4. The first-order valence-electron chi connectivity index (χ1n) is 9.89. The standard InChI is InChI=1S/C23H18F3N5O3/c1-13-11-31(12-28-13)18-8-7-16(9-19(18)34-2)29-22-27-10-17(21(32)33)20(30-22)14-3-5-15(6-4-14)23(24,25)26/h3-12H,1-2H3,(H,32,33)(H,27,29,30). The van der Waals surface area contributed by atoms with Gasteiger partial charge >= 0.3 is 12.1 Å². The van der Waals surface area contributed by atoms with Gasteiger partial charge < -0.3 is 19.7 Å². The van der Waals surface area contributed by atoms with Gasteiger partial charge in [-0.3, -0.25) is 0 Å². The molecule has 0 spiro atoms. The van der Waals surface area contributed by atoms with Gasteiger partial charge in [0.25, 0.3) is 0 Å². The molecular formula is C23H18F3N5O3. The first-order chi connectivity index (χ1) is 16.2. The molecule has 0 aliphatic heterocycles. The number of nitrogens with one attached hydrogen (secondary N) is 1. The van der Waals surface area contributed by atoms with E-state index in [1.165, 1.54) is 19.2 Å². The highest BCUT2D eigenvalue weighted by Gasteiger charge is 2.30. The van der Waals surface area contributed by atoms with Crippen LogP contribution < -0.4 is 10.1 Å². The van der Waals surface area contributed by atoms with Gasteiger partial charge in [-0.15, -0.1) is 0 Å². The number of hydrogen-bond acceptors (Lipinski definition) is 6. The second kappa shape index (κ2) is 8.85. The van der Waals surface area contributed by atoms with Gasteiger partial charge in [0.15, 0.2) is 0 Å². The second-order valence-corrected chi connectivity index (χ2v) is 7.27. The van der Waals surface area contributed by atoms with E-state index < -0.39 is 17.7 Å². The molecular weight excluding hydrogens is 451 g/mol. The molecule has 0 aliphatic rings. The molecule has 4 rings (SSSR count). The molecule has 0 amide bonds. The first-order valence-corrected chi connectivity index (χ1v) is 9.89. The summed E-state index contributed by atoms with van der Waals surface area (Å²) in [6.45, 7) is 1.87. The van der Waals surface area contributed by atoms with Crippen LogP contribution in [0.4, 0.5) is 24.8 Å². The summed E-state index contributed by atoms with van der Waals surface area (Å²) < 4.78 is 45.9. The molecule has 0 fully saturated rings. The van der Waals surface area contributed by atoms with E-state index in [1.807, 2.05) is 13.1 Å². The van der Waals surface area contributed by atoms with E-state index in [0.29, 0.717) is 11.4 Å². The van der Waals surface area contributed by atoms with Gasteiger partial charge in [0.1, 0.15) is 11.3 Å². The highest BCUT2D eigenvalue weighted by Crippen LogP contribution is 2.32. The third-order valence-electron chi connectivity index (χ3n) is 4.93. The summed E-state index contributed by atoms with van der Waals surface area (Å²) in [7, 11) is 1.52. The van der Waals surface area contributed by atoms with Crippen molar-refractivity contribution in [2.75, 3.05) is 12.4 Å². The first kappa shape index (κ1) is 22.8. The summed E-state index contributed by atoms with van der Waals surface area (Å²) in [5, 5.41) is 12.5. The average molecular weight is 469 g/mol. The van der Waals surface area contributed by atoms with E-state index in [0.717, 1.165) is 29.7 Å². The Morgan fingerprint density at radius 2 is 1.85 bits per heavy atom. The number of nitrogens with zero attached hydrogens (tertiary/aromatic N) is 4. The number of carbonyl (C=O) groups is 1. The molecule has 0 bridgehead atoms. The fraction of sp³-hybridized carbons (Fsp3) is 0.130. The zero-order valence-corrected chi connectivity index (χ0v) is 18.0. The molecule has 2 aromatic carbocycles. The summed E-state index contributed by atoms with van der Waals surface area (Å²) >= 11 is 0. The van der Waals surface area contributed by atoms with Crippen LogP contribution in [-0.2, 0) is 6.18 Å². The number of carboxylic acid groups (broad SMARTS) is 1. The van der Waals surface area contributed by atoms with Crippen LogP contribution in [0.15, 0.2) is 61.2 Å². The number of imidazole rings is 1. The number of carboxylic acids is 1. The van der Waals surface area contributed by atoms with Crippen LogP contribution in [-0.4, -0.2) is 37.7 Å². The van der Waals surface area contributed by atoms with Crippen LogP contribution in [0.3, 0.4) is 0 Å². The monoisotopic (exact) mass is 469 g/mol. The SMILES string of the molecule is COc1cc(Nc2ncc(C(=O)O)c(-c3ccc(C(F)(F)F)cc3)n2)ccc1-n1cnc(C)c1.